The standard InChI is InChI=1S/C21H20N2O2S/c1-15-4-2-5-17(12-15)21(25)23-18-9-7-16(8-10-18)13-20(24)22-14-19-6-3-11-26-19/h2-12H,13-14H2,1H3,(H,22,24)(H,23,25). The molecule has 132 valence electrons. The zero-order valence-electron chi connectivity index (χ0n) is 14.5. The minimum Gasteiger partial charge on any atom is -0.351 e. The molecule has 0 unspecified atom stereocenters. The average molecular weight is 364 g/mol. The second kappa shape index (κ2) is 8.45. The molecule has 0 saturated carbocycles. The average Bonchev–Trinajstić information content (AvgIpc) is 3.15. The van der Waals surface area contributed by atoms with Gasteiger partial charge in [-0.1, -0.05) is 35.9 Å². The van der Waals surface area contributed by atoms with E-state index in [1.54, 1.807) is 17.4 Å². The molecule has 0 bridgehead atoms. The van der Waals surface area contributed by atoms with Gasteiger partial charge in [-0.3, -0.25) is 9.59 Å². The molecular weight excluding hydrogens is 344 g/mol. The molecule has 0 saturated heterocycles. The lowest BCUT2D eigenvalue weighted by Crippen LogP contribution is -2.24. The van der Waals surface area contributed by atoms with E-state index in [1.807, 2.05) is 66.9 Å². The van der Waals surface area contributed by atoms with E-state index in [9.17, 15) is 9.59 Å². The molecule has 3 aromatic rings. The number of amides is 2. The van der Waals surface area contributed by atoms with Gasteiger partial charge in [0.15, 0.2) is 0 Å². The first-order valence-corrected chi connectivity index (χ1v) is 9.24. The van der Waals surface area contributed by atoms with Crippen LogP contribution >= 0.6 is 11.3 Å². The lowest BCUT2D eigenvalue weighted by atomic mass is 10.1. The van der Waals surface area contributed by atoms with Crippen molar-refractivity contribution in [2.45, 2.75) is 19.9 Å². The zero-order chi connectivity index (χ0) is 18.4. The van der Waals surface area contributed by atoms with E-state index < -0.39 is 0 Å². The van der Waals surface area contributed by atoms with E-state index in [2.05, 4.69) is 10.6 Å². The van der Waals surface area contributed by atoms with Crippen molar-refractivity contribution in [3.8, 4) is 0 Å². The van der Waals surface area contributed by atoms with Gasteiger partial charge in [0.1, 0.15) is 0 Å². The smallest absolute Gasteiger partial charge is 0.255 e. The predicted octanol–water partition coefficient (Wildman–Crippen LogP) is 4.17. The Balaban J connectivity index is 1.53. The summed E-state index contributed by atoms with van der Waals surface area (Å²) in [6, 6.07) is 18.8. The largest absolute Gasteiger partial charge is 0.351 e. The molecule has 1 aromatic heterocycles. The van der Waals surface area contributed by atoms with Crippen molar-refractivity contribution < 1.29 is 9.59 Å². The van der Waals surface area contributed by atoms with Crippen LogP contribution < -0.4 is 10.6 Å². The van der Waals surface area contributed by atoms with E-state index >= 15 is 0 Å². The van der Waals surface area contributed by atoms with Gasteiger partial charge in [-0.05, 0) is 48.2 Å². The van der Waals surface area contributed by atoms with Crippen LogP contribution in [0.3, 0.4) is 0 Å². The maximum absolute atomic E-state index is 12.3. The van der Waals surface area contributed by atoms with Gasteiger partial charge in [-0.15, -0.1) is 11.3 Å². The Labute approximate surface area is 156 Å². The quantitative estimate of drug-likeness (QED) is 0.690. The van der Waals surface area contributed by atoms with Crippen LogP contribution in [0.15, 0.2) is 66.0 Å². The molecule has 1 heterocycles. The molecule has 0 fully saturated rings. The van der Waals surface area contributed by atoms with Crippen LogP contribution in [-0.4, -0.2) is 11.8 Å². The van der Waals surface area contributed by atoms with Gasteiger partial charge in [-0.25, -0.2) is 0 Å². The van der Waals surface area contributed by atoms with Crippen molar-refractivity contribution in [1.29, 1.82) is 0 Å². The summed E-state index contributed by atoms with van der Waals surface area (Å²) >= 11 is 1.62. The minimum atomic E-state index is -0.143. The lowest BCUT2D eigenvalue weighted by molar-refractivity contribution is -0.120. The molecule has 0 atom stereocenters. The number of nitrogens with one attached hydrogen (secondary N) is 2. The number of hydrogen-bond acceptors (Lipinski definition) is 3. The van der Waals surface area contributed by atoms with Gasteiger partial charge in [0.2, 0.25) is 5.91 Å². The Bertz CT molecular complexity index is 887. The molecule has 2 N–H and O–H groups in total. The number of carbonyl (C=O) groups is 2. The highest BCUT2D eigenvalue weighted by Crippen LogP contribution is 2.13. The van der Waals surface area contributed by atoms with Gasteiger partial charge in [0.05, 0.1) is 13.0 Å². The van der Waals surface area contributed by atoms with Crippen molar-refractivity contribution in [1.82, 2.24) is 5.32 Å². The molecular formula is C21H20N2O2S. The molecule has 2 amide bonds. The predicted molar refractivity (Wildman–Crippen MR) is 105 cm³/mol. The second-order valence-corrected chi connectivity index (χ2v) is 7.09. The van der Waals surface area contributed by atoms with E-state index in [4.69, 9.17) is 0 Å². The molecule has 4 nitrogen and oxygen atoms in total. The van der Waals surface area contributed by atoms with E-state index in [1.165, 1.54) is 0 Å². The van der Waals surface area contributed by atoms with Gasteiger partial charge in [-0.2, -0.15) is 0 Å². The number of thiophene rings is 1. The summed E-state index contributed by atoms with van der Waals surface area (Å²) in [5, 5.41) is 7.77. The molecule has 0 aliphatic heterocycles. The van der Waals surface area contributed by atoms with Crippen LogP contribution in [-0.2, 0) is 17.8 Å². The van der Waals surface area contributed by atoms with Crippen molar-refractivity contribution in [2.24, 2.45) is 0 Å². The third kappa shape index (κ3) is 5.04. The van der Waals surface area contributed by atoms with Crippen molar-refractivity contribution >= 4 is 28.8 Å². The molecule has 0 spiro atoms. The van der Waals surface area contributed by atoms with Crippen LogP contribution in [0.4, 0.5) is 5.69 Å². The fraction of sp³-hybridized carbons (Fsp3) is 0.143. The highest BCUT2D eigenvalue weighted by atomic mass is 32.1. The molecule has 0 aliphatic rings. The third-order valence-electron chi connectivity index (χ3n) is 3.90. The first-order valence-electron chi connectivity index (χ1n) is 8.36. The van der Waals surface area contributed by atoms with Gasteiger partial charge in [0, 0.05) is 16.1 Å². The van der Waals surface area contributed by atoms with Crippen molar-refractivity contribution in [3.63, 3.8) is 0 Å². The summed E-state index contributed by atoms with van der Waals surface area (Å²) in [7, 11) is 0. The van der Waals surface area contributed by atoms with Crippen LogP contribution in [0.25, 0.3) is 0 Å². The number of carbonyl (C=O) groups excluding carboxylic acids is 2. The van der Waals surface area contributed by atoms with E-state index in [0.29, 0.717) is 24.2 Å². The van der Waals surface area contributed by atoms with Crippen LogP contribution in [0, 0.1) is 6.92 Å². The second-order valence-electron chi connectivity index (χ2n) is 6.05. The fourth-order valence-corrected chi connectivity index (χ4v) is 3.19. The first-order chi connectivity index (χ1) is 12.6. The van der Waals surface area contributed by atoms with Crippen LogP contribution in [0.2, 0.25) is 0 Å². The third-order valence-corrected chi connectivity index (χ3v) is 4.77. The Morgan fingerprint density at radius 1 is 1.00 bits per heavy atom. The Hall–Kier alpha value is -2.92. The number of aryl methyl sites for hydroxylation is 1. The number of hydrogen-bond donors (Lipinski definition) is 2. The normalized spacial score (nSPS) is 10.3. The monoisotopic (exact) mass is 364 g/mol. The topological polar surface area (TPSA) is 58.2 Å². The summed E-state index contributed by atoms with van der Waals surface area (Å²) in [5.41, 5.74) is 3.28. The molecule has 0 radical (unpaired) electrons. The van der Waals surface area contributed by atoms with Crippen LogP contribution in [0.1, 0.15) is 26.4 Å². The van der Waals surface area contributed by atoms with Gasteiger partial charge >= 0.3 is 0 Å². The Morgan fingerprint density at radius 2 is 1.81 bits per heavy atom. The first kappa shape index (κ1) is 17.9. The Morgan fingerprint density at radius 3 is 2.50 bits per heavy atom. The summed E-state index contributed by atoms with van der Waals surface area (Å²) in [5.74, 6) is -0.162. The highest BCUT2D eigenvalue weighted by Gasteiger charge is 2.07. The maximum Gasteiger partial charge on any atom is 0.255 e. The number of rotatable bonds is 6. The minimum absolute atomic E-state index is 0.0186. The zero-order valence-corrected chi connectivity index (χ0v) is 15.3. The summed E-state index contributed by atoms with van der Waals surface area (Å²) in [6.07, 6.45) is 0.317. The van der Waals surface area contributed by atoms with Gasteiger partial charge in [0.25, 0.3) is 5.91 Å². The molecule has 3 rings (SSSR count). The molecule has 0 aliphatic carbocycles. The Kier molecular flexibility index (Phi) is 5.81. The fourth-order valence-electron chi connectivity index (χ4n) is 2.54. The number of anilines is 1. The molecule has 26 heavy (non-hydrogen) atoms. The van der Waals surface area contributed by atoms with Crippen molar-refractivity contribution in [3.05, 3.63) is 87.6 Å². The van der Waals surface area contributed by atoms with E-state index in [0.717, 1.165) is 16.0 Å². The lowest BCUT2D eigenvalue weighted by Gasteiger charge is -2.08. The van der Waals surface area contributed by atoms with Gasteiger partial charge < -0.3 is 10.6 Å². The SMILES string of the molecule is Cc1cccc(C(=O)Nc2ccc(CC(=O)NCc3cccs3)cc2)c1. The molecule has 2 aromatic carbocycles. The summed E-state index contributed by atoms with van der Waals surface area (Å²) in [4.78, 5) is 25.4. The summed E-state index contributed by atoms with van der Waals surface area (Å²) in [6.45, 7) is 2.51. The highest BCUT2D eigenvalue weighted by molar-refractivity contribution is 7.09. The molecule has 5 heteroatoms. The maximum atomic E-state index is 12.3. The number of benzene rings is 2. The van der Waals surface area contributed by atoms with Crippen LogP contribution in [0.5, 0.6) is 0 Å². The van der Waals surface area contributed by atoms with E-state index in [-0.39, 0.29) is 11.8 Å². The van der Waals surface area contributed by atoms with Crippen molar-refractivity contribution in [2.75, 3.05) is 5.32 Å². The summed E-state index contributed by atoms with van der Waals surface area (Å²) < 4.78 is 0.